The number of benzene rings is 1. The van der Waals surface area contributed by atoms with Gasteiger partial charge in [0, 0.05) is 10.6 Å². The molecule has 0 saturated carbocycles. The van der Waals surface area contributed by atoms with Crippen molar-refractivity contribution >= 4 is 40.6 Å². The van der Waals surface area contributed by atoms with Crippen LogP contribution in [0.25, 0.3) is 0 Å². The number of nitrogens with zero attached hydrogens (tertiary/aromatic N) is 1. The third kappa shape index (κ3) is 2.81. The molecule has 1 aliphatic heterocycles. The standard InChI is InChI=1S/C12H12FNO2S2/c1-2-16-12(15)6-14-9-4-3-8(13)5-10(9)18-7-11(14)17/h3-5H,2,6-7H2,1H3. The summed E-state index contributed by atoms with van der Waals surface area (Å²) in [5.41, 5.74) is 0.769. The van der Waals surface area contributed by atoms with Gasteiger partial charge >= 0.3 is 5.97 Å². The second kappa shape index (κ2) is 5.67. The number of hydrogen-bond acceptors (Lipinski definition) is 4. The van der Waals surface area contributed by atoms with Crippen molar-refractivity contribution in [2.45, 2.75) is 11.8 Å². The smallest absolute Gasteiger partial charge is 0.325 e. The molecule has 3 nitrogen and oxygen atoms in total. The van der Waals surface area contributed by atoms with Crippen molar-refractivity contribution in [2.24, 2.45) is 0 Å². The van der Waals surface area contributed by atoms with Crippen LogP contribution in [0, 0.1) is 5.82 Å². The number of thioether (sulfide) groups is 1. The Labute approximate surface area is 114 Å². The lowest BCUT2D eigenvalue weighted by Crippen LogP contribution is -2.38. The minimum atomic E-state index is -0.331. The number of ether oxygens (including phenoxy) is 1. The van der Waals surface area contributed by atoms with Gasteiger partial charge in [-0.3, -0.25) is 4.79 Å². The Morgan fingerprint density at radius 2 is 2.39 bits per heavy atom. The van der Waals surface area contributed by atoms with E-state index in [0.717, 1.165) is 10.6 Å². The van der Waals surface area contributed by atoms with E-state index < -0.39 is 0 Å². The van der Waals surface area contributed by atoms with E-state index in [-0.39, 0.29) is 18.3 Å². The maximum Gasteiger partial charge on any atom is 0.325 e. The average molecular weight is 285 g/mol. The summed E-state index contributed by atoms with van der Waals surface area (Å²) in [7, 11) is 0. The van der Waals surface area contributed by atoms with Crippen molar-refractivity contribution in [3.63, 3.8) is 0 Å². The molecule has 1 heterocycles. The average Bonchev–Trinajstić information content (AvgIpc) is 2.33. The van der Waals surface area contributed by atoms with Crippen LogP contribution in [0.5, 0.6) is 0 Å². The summed E-state index contributed by atoms with van der Waals surface area (Å²) < 4.78 is 18.1. The zero-order chi connectivity index (χ0) is 13.1. The van der Waals surface area contributed by atoms with Crippen LogP contribution in [0.4, 0.5) is 10.1 Å². The van der Waals surface area contributed by atoms with E-state index in [4.69, 9.17) is 17.0 Å². The van der Waals surface area contributed by atoms with Crippen LogP contribution < -0.4 is 4.90 Å². The van der Waals surface area contributed by atoms with Gasteiger partial charge in [0.05, 0.1) is 17.3 Å². The minimum Gasteiger partial charge on any atom is -0.465 e. The maximum atomic E-state index is 13.1. The number of anilines is 1. The molecule has 96 valence electrons. The molecule has 1 aliphatic rings. The number of halogens is 1. The maximum absolute atomic E-state index is 13.1. The monoisotopic (exact) mass is 285 g/mol. The molecule has 0 spiro atoms. The molecule has 0 aliphatic carbocycles. The highest BCUT2D eigenvalue weighted by Gasteiger charge is 2.24. The molecule has 0 N–H and O–H groups in total. The number of carbonyl (C=O) groups excluding carboxylic acids is 1. The SMILES string of the molecule is CCOC(=O)CN1C(=S)CSc2cc(F)ccc21. The van der Waals surface area contributed by atoms with Crippen molar-refractivity contribution in [3.8, 4) is 0 Å². The van der Waals surface area contributed by atoms with Crippen LogP contribution in [0.15, 0.2) is 23.1 Å². The first kappa shape index (κ1) is 13.3. The summed E-state index contributed by atoms with van der Waals surface area (Å²) in [6.45, 7) is 2.17. The Balaban J connectivity index is 2.25. The first-order valence-corrected chi connectivity index (χ1v) is 6.89. The highest BCUT2D eigenvalue weighted by Crippen LogP contribution is 2.36. The molecule has 0 radical (unpaired) electrons. The summed E-state index contributed by atoms with van der Waals surface area (Å²) in [4.78, 5) is 14.7. The van der Waals surface area contributed by atoms with E-state index in [2.05, 4.69) is 0 Å². The number of fused-ring (bicyclic) bond motifs is 1. The summed E-state index contributed by atoms with van der Waals surface area (Å²) >= 11 is 6.72. The van der Waals surface area contributed by atoms with Gasteiger partial charge in [-0.15, -0.1) is 11.8 Å². The van der Waals surface area contributed by atoms with Gasteiger partial charge in [0.1, 0.15) is 12.4 Å². The Kier molecular flexibility index (Phi) is 4.19. The van der Waals surface area contributed by atoms with E-state index in [0.29, 0.717) is 17.3 Å². The first-order valence-electron chi connectivity index (χ1n) is 5.50. The zero-order valence-electron chi connectivity index (χ0n) is 9.81. The van der Waals surface area contributed by atoms with Crippen molar-refractivity contribution in [1.82, 2.24) is 0 Å². The lowest BCUT2D eigenvalue weighted by Gasteiger charge is -2.30. The Bertz CT molecular complexity index is 493. The molecule has 2 rings (SSSR count). The van der Waals surface area contributed by atoms with Gasteiger partial charge in [-0.2, -0.15) is 0 Å². The van der Waals surface area contributed by atoms with Gasteiger partial charge in [0.25, 0.3) is 0 Å². The minimum absolute atomic E-state index is 0.0753. The number of hydrogen-bond donors (Lipinski definition) is 0. The molecule has 1 aromatic carbocycles. The van der Waals surface area contributed by atoms with Crippen LogP contribution in [0.1, 0.15) is 6.92 Å². The fourth-order valence-electron chi connectivity index (χ4n) is 1.69. The molecule has 0 aromatic heterocycles. The van der Waals surface area contributed by atoms with Crippen molar-refractivity contribution in [3.05, 3.63) is 24.0 Å². The van der Waals surface area contributed by atoms with E-state index in [9.17, 15) is 9.18 Å². The molecule has 0 bridgehead atoms. The van der Waals surface area contributed by atoms with Crippen LogP contribution in [-0.2, 0) is 9.53 Å². The second-order valence-corrected chi connectivity index (χ2v) is 5.17. The molecule has 0 atom stereocenters. The van der Waals surface area contributed by atoms with Gasteiger partial charge in [-0.1, -0.05) is 12.2 Å². The summed E-state index contributed by atoms with van der Waals surface area (Å²) in [5, 5.41) is 0. The van der Waals surface area contributed by atoms with Crippen molar-refractivity contribution < 1.29 is 13.9 Å². The fraction of sp³-hybridized carbons (Fsp3) is 0.333. The van der Waals surface area contributed by atoms with E-state index in [1.807, 2.05) is 0 Å². The van der Waals surface area contributed by atoms with Crippen molar-refractivity contribution in [1.29, 1.82) is 0 Å². The van der Waals surface area contributed by atoms with Crippen LogP contribution in [0.3, 0.4) is 0 Å². The van der Waals surface area contributed by atoms with Crippen LogP contribution >= 0.6 is 24.0 Å². The van der Waals surface area contributed by atoms with E-state index in [1.165, 1.54) is 23.9 Å². The predicted octanol–water partition coefficient (Wildman–Crippen LogP) is 2.63. The Morgan fingerprint density at radius 1 is 1.61 bits per heavy atom. The molecule has 18 heavy (non-hydrogen) atoms. The molecule has 6 heteroatoms. The topological polar surface area (TPSA) is 29.5 Å². The molecule has 0 unspecified atom stereocenters. The number of thiocarbonyl (C=S) groups is 1. The van der Waals surface area contributed by atoms with Crippen molar-refractivity contribution in [2.75, 3.05) is 23.8 Å². The third-order valence-corrected chi connectivity index (χ3v) is 4.06. The highest BCUT2D eigenvalue weighted by atomic mass is 32.2. The van der Waals surface area contributed by atoms with Crippen LogP contribution in [0.2, 0.25) is 0 Å². The summed E-state index contributed by atoms with van der Waals surface area (Å²) in [6, 6.07) is 4.47. The summed E-state index contributed by atoms with van der Waals surface area (Å²) in [5.74, 6) is -0.0438. The molecule has 0 amide bonds. The molecular formula is C12H12FNO2S2. The first-order chi connectivity index (χ1) is 8.61. The van der Waals surface area contributed by atoms with E-state index in [1.54, 1.807) is 17.9 Å². The normalized spacial score (nSPS) is 14.3. The lowest BCUT2D eigenvalue weighted by atomic mass is 10.2. The molecular weight excluding hydrogens is 273 g/mol. The predicted molar refractivity (Wildman–Crippen MR) is 73.7 cm³/mol. The largest absolute Gasteiger partial charge is 0.465 e. The van der Waals surface area contributed by atoms with Gasteiger partial charge in [-0.05, 0) is 25.1 Å². The number of rotatable bonds is 3. The fourth-order valence-corrected chi connectivity index (χ4v) is 2.98. The van der Waals surface area contributed by atoms with Gasteiger partial charge in [0.2, 0.25) is 0 Å². The number of esters is 1. The third-order valence-electron chi connectivity index (χ3n) is 2.46. The van der Waals surface area contributed by atoms with Gasteiger partial charge in [0.15, 0.2) is 0 Å². The van der Waals surface area contributed by atoms with Gasteiger partial charge in [-0.25, -0.2) is 4.39 Å². The quantitative estimate of drug-likeness (QED) is 0.629. The Hall–Kier alpha value is -1.14. The molecule has 1 aromatic rings. The molecule has 0 fully saturated rings. The summed E-state index contributed by atoms with van der Waals surface area (Å²) in [6.07, 6.45) is 0. The van der Waals surface area contributed by atoms with Crippen LogP contribution in [-0.4, -0.2) is 29.9 Å². The highest BCUT2D eigenvalue weighted by molar-refractivity contribution is 8.01. The lowest BCUT2D eigenvalue weighted by molar-refractivity contribution is -0.141. The van der Waals surface area contributed by atoms with Gasteiger partial charge < -0.3 is 9.64 Å². The second-order valence-electron chi connectivity index (χ2n) is 3.69. The number of carbonyl (C=O) groups is 1. The molecule has 0 saturated heterocycles. The Morgan fingerprint density at radius 3 is 3.11 bits per heavy atom. The van der Waals surface area contributed by atoms with E-state index >= 15 is 0 Å². The zero-order valence-corrected chi connectivity index (χ0v) is 11.4.